The van der Waals surface area contributed by atoms with Crippen LogP contribution in [-0.2, 0) is 0 Å². The Balaban J connectivity index is 0.000000265. The van der Waals surface area contributed by atoms with E-state index in [0.717, 1.165) is 0 Å². The van der Waals surface area contributed by atoms with E-state index in [4.69, 9.17) is 10.2 Å². The number of aryl methyl sites for hydroxylation is 2. The molecule has 0 aliphatic carbocycles. The average molecular weight is 211 g/mol. The molecule has 3 nitrogen and oxygen atoms in total. The second-order valence-corrected chi connectivity index (χ2v) is 3.28. The maximum absolute atomic E-state index is 8.15. The summed E-state index contributed by atoms with van der Waals surface area (Å²) in [6.45, 7) is 5.66. The topological polar surface area (TPSA) is 52.5 Å². The van der Waals surface area contributed by atoms with E-state index >= 15 is 0 Å². The van der Waals surface area contributed by atoms with Gasteiger partial charge in [0, 0.05) is 13.1 Å². The number of nitrogens with one attached hydrogen (secondary N) is 1. The molecule has 86 valence electrons. The van der Waals surface area contributed by atoms with Crippen molar-refractivity contribution in [2.45, 2.75) is 13.8 Å². The lowest BCUT2D eigenvalue weighted by molar-refractivity contribution is 0.267. The van der Waals surface area contributed by atoms with Gasteiger partial charge in [0.1, 0.15) is 0 Å². The summed E-state index contributed by atoms with van der Waals surface area (Å²) in [5, 5.41) is 19.1. The lowest BCUT2D eigenvalue weighted by Crippen LogP contribution is -2.21. The summed E-state index contributed by atoms with van der Waals surface area (Å²) >= 11 is 0. The molecule has 0 unspecified atom stereocenters. The third kappa shape index (κ3) is 8.12. The van der Waals surface area contributed by atoms with Crippen LogP contribution in [0.2, 0.25) is 0 Å². The largest absolute Gasteiger partial charge is 0.395 e. The highest BCUT2D eigenvalue weighted by atomic mass is 16.3. The van der Waals surface area contributed by atoms with Gasteiger partial charge in [-0.1, -0.05) is 24.3 Å². The molecule has 3 N–H and O–H groups in total. The summed E-state index contributed by atoms with van der Waals surface area (Å²) in [5.41, 5.74) is 2.74. The highest BCUT2D eigenvalue weighted by molar-refractivity contribution is 5.23. The first kappa shape index (κ1) is 14.1. The van der Waals surface area contributed by atoms with Gasteiger partial charge >= 0.3 is 0 Å². The lowest BCUT2D eigenvalue weighted by atomic mass is 10.1. The lowest BCUT2D eigenvalue weighted by Gasteiger charge is -1.94. The quantitative estimate of drug-likeness (QED) is 0.648. The Morgan fingerprint density at radius 1 is 0.933 bits per heavy atom. The normalized spacial score (nSPS) is 9.33. The van der Waals surface area contributed by atoms with Crippen LogP contribution in [0.25, 0.3) is 0 Å². The molecule has 3 heteroatoms. The Morgan fingerprint density at radius 2 is 1.33 bits per heavy atom. The van der Waals surface area contributed by atoms with Crippen LogP contribution in [0.15, 0.2) is 24.3 Å². The van der Waals surface area contributed by atoms with Crippen molar-refractivity contribution in [1.29, 1.82) is 0 Å². The smallest absolute Gasteiger partial charge is 0.0555 e. The van der Waals surface area contributed by atoms with Gasteiger partial charge in [0.2, 0.25) is 0 Å². The van der Waals surface area contributed by atoms with Gasteiger partial charge < -0.3 is 15.5 Å². The van der Waals surface area contributed by atoms with Gasteiger partial charge in [-0.2, -0.15) is 0 Å². The summed E-state index contributed by atoms with van der Waals surface area (Å²) < 4.78 is 0. The zero-order valence-electron chi connectivity index (χ0n) is 9.53. The van der Waals surface area contributed by atoms with Crippen molar-refractivity contribution in [2.75, 3.05) is 26.3 Å². The SMILES string of the molecule is Cc1ccccc1C.OCCNCCO. The fourth-order valence-electron chi connectivity index (χ4n) is 0.946. The van der Waals surface area contributed by atoms with Crippen molar-refractivity contribution in [3.05, 3.63) is 35.4 Å². The van der Waals surface area contributed by atoms with Gasteiger partial charge in [-0.15, -0.1) is 0 Å². The van der Waals surface area contributed by atoms with E-state index in [9.17, 15) is 0 Å². The maximum Gasteiger partial charge on any atom is 0.0555 e. The Hall–Kier alpha value is -0.900. The molecule has 0 amide bonds. The molecule has 0 aromatic heterocycles. The molecule has 1 aromatic rings. The Kier molecular flexibility index (Phi) is 9.07. The summed E-state index contributed by atoms with van der Waals surface area (Å²) in [6, 6.07) is 8.36. The second kappa shape index (κ2) is 9.65. The van der Waals surface area contributed by atoms with E-state index in [0.29, 0.717) is 13.1 Å². The first-order chi connectivity index (χ1) is 7.22. The van der Waals surface area contributed by atoms with Crippen molar-refractivity contribution >= 4 is 0 Å². The molecule has 0 atom stereocenters. The molecule has 1 rings (SSSR count). The van der Waals surface area contributed by atoms with E-state index in [2.05, 4.69) is 43.4 Å². The van der Waals surface area contributed by atoms with E-state index in [1.54, 1.807) is 0 Å². The van der Waals surface area contributed by atoms with Crippen molar-refractivity contribution in [2.24, 2.45) is 0 Å². The number of aliphatic hydroxyl groups is 2. The zero-order chi connectivity index (χ0) is 11.5. The first-order valence-electron chi connectivity index (χ1n) is 5.17. The van der Waals surface area contributed by atoms with Crippen molar-refractivity contribution in [1.82, 2.24) is 5.32 Å². The summed E-state index contributed by atoms with van der Waals surface area (Å²) in [6.07, 6.45) is 0. The highest BCUT2D eigenvalue weighted by Gasteiger charge is 1.83. The van der Waals surface area contributed by atoms with Crippen LogP contribution in [0.5, 0.6) is 0 Å². The number of benzene rings is 1. The molecule has 0 heterocycles. The minimum absolute atomic E-state index is 0.139. The van der Waals surface area contributed by atoms with Gasteiger partial charge in [-0.3, -0.25) is 0 Å². The molecule has 0 bridgehead atoms. The molecule has 0 aliphatic heterocycles. The Bertz CT molecular complexity index is 226. The van der Waals surface area contributed by atoms with Gasteiger partial charge in [0.15, 0.2) is 0 Å². The number of aliphatic hydroxyl groups excluding tert-OH is 2. The minimum Gasteiger partial charge on any atom is -0.395 e. The van der Waals surface area contributed by atoms with Crippen LogP contribution in [0.1, 0.15) is 11.1 Å². The van der Waals surface area contributed by atoms with Gasteiger partial charge in [-0.25, -0.2) is 0 Å². The number of hydrogen-bond donors (Lipinski definition) is 3. The summed E-state index contributed by atoms with van der Waals surface area (Å²) in [4.78, 5) is 0. The number of hydrogen-bond acceptors (Lipinski definition) is 3. The van der Waals surface area contributed by atoms with E-state index in [1.807, 2.05) is 0 Å². The van der Waals surface area contributed by atoms with Gasteiger partial charge in [0.25, 0.3) is 0 Å². The van der Waals surface area contributed by atoms with Crippen LogP contribution in [-0.4, -0.2) is 36.5 Å². The van der Waals surface area contributed by atoms with Gasteiger partial charge in [0.05, 0.1) is 13.2 Å². The van der Waals surface area contributed by atoms with E-state index in [-0.39, 0.29) is 13.2 Å². The van der Waals surface area contributed by atoms with Crippen LogP contribution in [0.3, 0.4) is 0 Å². The summed E-state index contributed by atoms with van der Waals surface area (Å²) in [7, 11) is 0. The monoisotopic (exact) mass is 211 g/mol. The Morgan fingerprint density at radius 3 is 1.60 bits per heavy atom. The maximum atomic E-state index is 8.15. The fourth-order valence-corrected chi connectivity index (χ4v) is 0.946. The first-order valence-corrected chi connectivity index (χ1v) is 5.17. The molecule has 0 saturated carbocycles. The third-order valence-corrected chi connectivity index (χ3v) is 2.00. The van der Waals surface area contributed by atoms with Crippen LogP contribution < -0.4 is 5.32 Å². The van der Waals surface area contributed by atoms with Crippen LogP contribution in [0.4, 0.5) is 0 Å². The van der Waals surface area contributed by atoms with Gasteiger partial charge in [-0.05, 0) is 25.0 Å². The zero-order valence-corrected chi connectivity index (χ0v) is 9.53. The van der Waals surface area contributed by atoms with Crippen molar-refractivity contribution < 1.29 is 10.2 Å². The number of rotatable bonds is 4. The standard InChI is InChI=1S/C8H10.C4H11NO2/c1-7-5-3-4-6-8(7)2;6-3-1-5-2-4-7/h3-6H,1-2H3;5-7H,1-4H2. The third-order valence-electron chi connectivity index (χ3n) is 2.00. The molecule has 1 aromatic carbocycles. The van der Waals surface area contributed by atoms with Crippen LogP contribution in [0, 0.1) is 13.8 Å². The molecule has 0 saturated heterocycles. The second-order valence-electron chi connectivity index (χ2n) is 3.28. The molecule has 0 aliphatic rings. The molecule has 0 fully saturated rings. The molecular formula is C12H21NO2. The fraction of sp³-hybridized carbons (Fsp3) is 0.500. The molecule has 0 spiro atoms. The predicted molar refractivity (Wildman–Crippen MR) is 63.0 cm³/mol. The predicted octanol–water partition coefficient (Wildman–Crippen LogP) is 0.864. The van der Waals surface area contributed by atoms with E-state index < -0.39 is 0 Å². The average Bonchev–Trinajstić information content (AvgIpc) is 2.24. The van der Waals surface area contributed by atoms with Crippen LogP contribution >= 0.6 is 0 Å². The van der Waals surface area contributed by atoms with Crippen molar-refractivity contribution in [3.63, 3.8) is 0 Å². The van der Waals surface area contributed by atoms with Crippen molar-refractivity contribution in [3.8, 4) is 0 Å². The Labute approximate surface area is 91.8 Å². The minimum atomic E-state index is 0.139. The molecule has 0 radical (unpaired) electrons. The summed E-state index contributed by atoms with van der Waals surface area (Å²) in [5.74, 6) is 0. The molecule has 15 heavy (non-hydrogen) atoms. The molecular weight excluding hydrogens is 190 g/mol. The van der Waals surface area contributed by atoms with E-state index in [1.165, 1.54) is 11.1 Å². The highest BCUT2D eigenvalue weighted by Crippen LogP contribution is 2.02.